The molecule has 2 N–H and O–H groups in total. The van der Waals surface area contributed by atoms with Crippen molar-refractivity contribution in [3.05, 3.63) is 29.9 Å². The Balaban J connectivity index is 2.13. The van der Waals surface area contributed by atoms with E-state index in [0.29, 0.717) is 5.95 Å². The molecule has 0 aromatic carbocycles. The van der Waals surface area contributed by atoms with E-state index in [1.165, 1.54) is 4.88 Å². The van der Waals surface area contributed by atoms with Gasteiger partial charge >= 0.3 is 0 Å². The van der Waals surface area contributed by atoms with Crippen LogP contribution in [-0.4, -0.2) is 29.6 Å². The Kier molecular flexibility index (Phi) is 3.71. The molecule has 5 heteroatoms. The summed E-state index contributed by atoms with van der Waals surface area (Å²) in [6, 6.07) is 4.20. The predicted octanol–water partition coefficient (Wildman–Crippen LogP) is 1.99. The van der Waals surface area contributed by atoms with Gasteiger partial charge < -0.3 is 10.6 Å². The standard InChI is InChI=1S/C12H16N4S/c1-9(13)8-16(2)12-14-6-10(7-15-12)11-4-3-5-17-11/h3-7,9H,8,13H2,1-2H3. The molecule has 90 valence electrons. The third-order valence-corrected chi connectivity index (χ3v) is 3.27. The average molecular weight is 248 g/mol. The highest BCUT2D eigenvalue weighted by molar-refractivity contribution is 7.13. The van der Waals surface area contributed by atoms with Crippen LogP contribution in [0.2, 0.25) is 0 Å². The number of thiophene rings is 1. The van der Waals surface area contributed by atoms with Gasteiger partial charge in [0.05, 0.1) is 0 Å². The van der Waals surface area contributed by atoms with Gasteiger partial charge in [0.2, 0.25) is 5.95 Å². The number of aromatic nitrogens is 2. The van der Waals surface area contributed by atoms with E-state index < -0.39 is 0 Å². The van der Waals surface area contributed by atoms with Gasteiger partial charge in [-0.05, 0) is 18.4 Å². The first-order chi connectivity index (χ1) is 8.16. The number of anilines is 1. The Morgan fingerprint density at radius 2 is 2.12 bits per heavy atom. The maximum Gasteiger partial charge on any atom is 0.225 e. The zero-order valence-corrected chi connectivity index (χ0v) is 10.8. The maximum absolute atomic E-state index is 5.74. The highest BCUT2D eigenvalue weighted by Crippen LogP contribution is 2.23. The molecule has 2 aromatic rings. The zero-order chi connectivity index (χ0) is 12.3. The number of hydrogen-bond acceptors (Lipinski definition) is 5. The SMILES string of the molecule is CC(N)CN(C)c1ncc(-c2cccs2)cn1. The summed E-state index contributed by atoms with van der Waals surface area (Å²) in [4.78, 5) is 11.9. The van der Waals surface area contributed by atoms with Gasteiger partial charge in [-0.3, -0.25) is 0 Å². The summed E-state index contributed by atoms with van der Waals surface area (Å²) in [7, 11) is 1.95. The number of rotatable bonds is 4. The first-order valence-electron chi connectivity index (χ1n) is 5.49. The molecule has 0 aliphatic carbocycles. The van der Waals surface area contributed by atoms with E-state index >= 15 is 0 Å². The minimum atomic E-state index is 0.112. The predicted molar refractivity (Wildman–Crippen MR) is 72.3 cm³/mol. The van der Waals surface area contributed by atoms with Crippen LogP contribution in [0.4, 0.5) is 5.95 Å². The van der Waals surface area contributed by atoms with E-state index in [9.17, 15) is 0 Å². The van der Waals surface area contributed by atoms with Crippen LogP contribution < -0.4 is 10.6 Å². The van der Waals surface area contributed by atoms with Gasteiger partial charge in [-0.25, -0.2) is 9.97 Å². The van der Waals surface area contributed by atoms with Crippen molar-refractivity contribution in [1.29, 1.82) is 0 Å². The van der Waals surface area contributed by atoms with Crippen LogP contribution in [0.3, 0.4) is 0 Å². The lowest BCUT2D eigenvalue weighted by molar-refractivity contribution is 0.704. The molecule has 0 saturated heterocycles. The Morgan fingerprint density at radius 1 is 1.41 bits per heavy atom. The molecule has 4 nitrogen and oxygen atoms in total. The summed E-state index contributed by atoms with van der Waals surface area (Å²) in [5, 5.41) is 2.05. The summed E-state index contributed by atoms with van der Waals surface area (Å²) < 4.78 is 0. The minimum absolute atomic E-state index is 0.112. The second-order valence-electron chi connectivity index (χ2n) is 4.11. The molecule has 0 aliphatic heterocycles. The normalized spacial score (nSPS) is 12.4. The molecule has 0 spiro atoms. The van der Waals surface area contributed by atoms with Crippen LogP contribution in [-0.2, 0) is 0 Å². The fraction of sp³-hybridized carbons (Fsp3) is 0.333. The second kappa shape index (κ2) is 5.25. The minimum Gasteiger partial charge on any atom is -0.342 e. The van der Waals surface area contributed by atoms with E-state index in [1.54, 1.807) is 11.3 Å². The number of nitrogens with two attached hydrogens (primary N) is 1. The molecule has 17 heavy (non-hydrogen) atoms. The van der Waals surface area contributed by atoms with E-state index in [2.05, 4.69) is 16.0 Å². The highest BCUT2D eigenvalue weighted by atomic mass is 32.1. The van der Waals surface area contributed by atoms with E-state index in [1.807, 2.05) is 42.7 Å². The molecule has 1 unspecified atom stereocenters. The third kappa shape index (κ3) is 3.01. The van der Waals surface area contributed by atoms with E-state index in [0.717, 1.165) is 12.1 Å². The molecule has 0 fully saturated rings. The summed E-state index contributed by atoms with van der Waals surface area (Å²) in [6.07, 6.45) is 3.71. The Morgan fingerprint density at radius 3 is 2.65 bits per heavy atom. The Hall–Kier alpha value is -1.46. The number of likely N-dealkylation sites (N-methyl/N-ethyl adjacent to an activating group) is 1. The van der Waals surface area contributed by atoms with Crippen molar-refractivity contribution in [2.45, 2.75) is 13.0 Å². The van der Waals surface area contributed by atoms with E-state index in [4.69, 9.17) is 5.73 Å². The van der Waals surface area contributed by atoms with Crippen LogP contribution in [0, 0.1) is 0 Å². The smallest absolute Gasteiger partial charge is 0.225 e. The van der Waals surface area contributed by atoms with Gasteiger partial charge in [0.15, 0.2) is 0 Å². The quantitative estimate of drug-likeness (QED) is 0.899. The summed E-state index contributed by atoms with van der Waals surface area (Å²) in [5.41, 5.74) is 6.80. The van der Waals surface area contributed by atoms with E-state index in [-0.39, 0.29) is 6.04 Å². The largest absolute Gasteiger partial charge is 0.342 e. The fourth-order valence-electron chi connectivity index (χ4n) is 1.60. The zero-order valence-electron chi connectivity index (χ0n) is 10.00. The highest BCUT2D eigenvalue weighted by Gasteiger charge is 2.07. The molecule has 2 rings (SSSR count). The molecule has 1 atom stereocenters. The Bertz CT molecular complexity index is 450. The number of nitrogens with zero attached hydrogens (tertiary/aromatic N) is 3. The second-order valence-corrected chi connectivity index (χ2v) is 5.05. The lowest BCUT2D eigenvalue weighted by Crippen LogP contribution is -2.33. The van der Waals surface area contributed by atoms with Gasteiger partial charge in [-0.15, -0.1) is 11.3 Å². The van der Waals surface area contributed by atoms with Crippen molar-refractivity contribution in [2.24, 2.45) is 5.73 Å². The first-order valence-corrected chi connectivity index (χ1v) is 6.37. The molecule has 2 heterocycles. The summed E-state index contributed by atoms with van der Waals surface area (Å²) in [6.45, 7) is 2.72. The van der Waals surface area contributed by atoms with Crippen molar-refractivity contribution >= 4 is 17.3 Å². The van der Waals surface area contributed by atoms with Crippen LogP contribution in [0.5, 0.6) is 0 Å². The van der Waals surface area contributed by atoms with Crippen molar-refractivity contribution < 1.29 is 0 Å². The molecule has 0 aliphatic rings. The summed E-state index contributed by atoms with van der Waals surface area (Å²) in [5.74, 6) is 0.711. The van der Waals surface area contributed by atoms with Crippen LogP contribution in [0.15, 0.2) is 29.9 Å². The lowest BCUT2D eigenvalue weighted by atomic mass is 10.3. The van der Waals surface area contributed by atoms with Crippen LogP contribution in [0.1, 0.15) is 6.92 Å². The molecule has 0 bridgehead atoms. The molecule has 2 aromatic heterocycles. The van der Waals surface area contributed by atoms with Gasteiger partial charge in [0, 0.05) is 42.5 Å². The lowest BCUT2D eigenvalue weighted by Gasteiger charge is -2.18. The number of hydrogen-bond donors (Lipinski definition) is 1. The third-order valence-electron chi connectivity index (χ3n) is 2.35. The molecular formula is C12H16N4S. The summed E-state index contributed by atoms with van der Waals surface area (Å²) >= 11 is 1.69. The fourth-order valence-corrected chi connectivity index (χ4v) is 2.30. The van der Waals surface area contributed by atoms with Gasteiger partial charge in [-0.1, -0.05) is 6.07 Å². The van der Waals surface area contributed by atoms with Crippen LogP contribution in [0.25, 0.3) is 10.4 Å². The Labute approximate surface area is 105 Å². The molecule has 0 saturated carbocycles. The van der Waals surface area contributed by atoms with Gasteiger partial charge in [0.25, 0.3) is 0 Å². The maximum atomic E-state index is 5.74. The van der Waals surface area contributed by atoms with Gasteiger partial charge in [-0.2, -0.15) is 0 Å². The topological polar surface area (TPSA) is 55.0 Å². The van der Waals surface area contributed by atoms with Gasteiger partial charge in [0.1, 0.15) is 0 Å². The van der Waals surface area contributed by atoms with Crippen LogP contribution >= 0.6 is 11.3 Å². The molecule has 0 radical (unpaired) electrons. The van der Waals surface area contributed by atoms with Crippen molar-refractivity contribution in [2.75, 3.05) is 18.5 Å². The first kappa shape index (κ1) is 12.0. The van der Waals surface area contributed by atoms with Crippen molar-refractivity contribution in [1.82, 2.24) is 9.97 Å². The molecule has 0 amide bonds. The van der Waals surface area contributed by atoms with Crippen molar-refractivity contribution in [3.8, 4) is 10.4 Å². The van der Waals surface area contributed by atoms with Crippen molar-refractivity contribution in [3.63, 3.8) is 0 Å². The monoisotopic (exact) mass is 248 g/mol. The molecular weight excluding hydrogens is 232 g/mol. The average Bonchev–Trinajstić information content (AvgIpc) is 2.82.